The van der Waals surface area contributed by atoms with Gasteiger partial charge in [-0.1, -0.05) is 19.3 Å². The number of hydrogen-bond donors (Lipinski definition) is 3. The summed E-state index contributed by atoms with van der Waals surface area (Å²) >= 11 is 0. The molecule has 0 unspecified atom stereocenters. The topological polar surface area (TPSA) is 124 Å². The number of piperazine rings is 1. The normalized spacial score (nSPS) is 24.1. The summed E-state index contributed by atoms with van der Waals surface area (Å²) in [6.45, 7) is 1.22. The molecule has 0 aromatic carbocycles. The van der Waals surface area contributed by atoms with Crippen LogP contribution in [0.15, 0.2) is 24.5 Å². The molecule has 0 spiro atoms. The Kier molecular flexibility index (Phi) is 7.41. The summed E-state index contributed by atoms with van der Waals surface area (Å²) in [5, 5.41) is 8.64. The lowest BCUT2D eigenvalue weighted by Gasteiger charge is -2.41. The van der Waals surface area contributed by atoms with Crippen LogP contribution < -0.4 is 16.0 Å². The Bertz CT molecular complexity index is 873. The molecular formula is C23H32N6O4. The van der Waals surface area contributed by atoms with Gasteiger partial charge in [-0.3, -0.25) is 19.4 Å². The zero-order valence-electron chi connectivity index (χ0n) is 18.8. The third kappa shape index (κ3) is 5.61. The van der Waals surface area contributed by atoms with Gasteiger partial charge in [0, 0.05) is 38.1 Å². The molecule has 0 bridgehead atoms. The van der Waals surface area contributed by atoms with Crippen LogP contribution in [-0.2, 0) is 9.59 Å². The van der Waals surface area contributed by atoms with E-state index < -0.39 is 18.0 Å². The van der Waals surface area contributed by atoms with Gasteiger partial charge in [-0.15, -0.1) is 0 Å². The minimum absolute atomic E-state index is 0.0741. The molecule has 1 aromatic rings. The van der Waals surface area contributed by atoms with Crippen molar-refractivity contribution in [2.24, 2.45) is 0 Å². The van der Waals surface area contributed by atoms with Crippen molar-refractivity contribution in [2.45, 2.75) is 63.1 Å². The molecular weight excluding hydrogens is 424 g/mol. The SMILES string of the molecule is O=C(N[C@@H]1CCCNC1=O)[C@H]1CN(C(=O)NC2CCCCC2)CCN1C(=O)c1cccnc1. The summed E-state index contributed by atoms with van der Waals surface area (Å²) in [5.74, 6) is -0.962. The molecule has 2 saturated heterocycles. The van der Waals surface area contributed by atoms with E-state index >= 15 is 0 Å². The predicted molar refractivity (Wildman–Crippen MR) is 120 cm³/mol. The highest BCUT2D eigenvalue weighted by atomic mass is 16.2. The Hall–Kier alpha value is -3.17. The van der Waals surface area contributed by atoms with E-state index in [4.69, 9.17) is 0 Å². The number of amides is 5. The molecule has 2 atom stereocenters. The van der Waals surface area contributed by atoms with E-state index in [-0.39, 0.29) is 37.0 Å². The minimum Gasteiger partial charge on any atom is -0.354 e. The Morgan fingerprint density at radius 2 is 1.85 bits per heavy atom. The maximum atomic E-state index is 13.3. The van der Waals surface area contributed by atoms with Crippen molar-refractivity contribution in [2.75, 3.05) is 26.2 Å². The van der Waals surface area contributed by atoms with Crippen molar-refractivity contribution in [1.82, 2.24) is 30.7 Å². The zero-order chi connectivity index (χ0) is 23.2. The second-order valence-corrected chi connectivity index (χ2v) is 8.98. The van der Waals surface area contributed by atoms with Crippen LogP contribution in [0.5, 0.6) is 0 Å². The van der Waals surface area contributed by atoms with E-state index in [1.165, 1.54) is 17.5 Å². The zero-order valence-corrected chi connectivity index (χ0v) is 18.8. The first-order valence-electron chi connectivity index (χ1n) is 11.9. The van der Waals surface area contributed by atoms with Crippen LogP contribution >= 0.6 is 0 Å². The van der Waals surface area contributed by atoms with Crippen LogP contribution in [-0.4, -0.2) is 82.8 Å². The standard InChI is InChI=1S/C23H32N6O4/c30-20-18(9-5-11-25-20)27-21(31)19-15-28(23(33)26-17-7-2-1-3-8-17)12-13-29(19)22(32)16-6-4-10-24-14-16/h4,6,10,14,17-19H,1-3,5,7-9,11-13,15H2,(H,25,30)(H,26,33)(H,27,31)/t18-,19-/m1/s1. The molecule has 2 aliphatic heterocycles. The number of nitrogens with zero attached hydrogens (tertiary/aromatic N) is 3. The molecule has 3 N–H and O–H groups in total. The molecule has 10 nitrogen and oxygen atoms in total. The summed E-state index contributed by atoms with van der Waals surface area (Å²) in [4.78, 5) is 58.6. The molecule has 3 fully saturated rings. The molecule has 4 rings (SSSR count). The van der Waals surface area contributed by atoms with Crippen LogP contribution in [0.1, 0.15) is 55.3 Å². The Morgan fingerprint density at radius 3 is 2.58 bits per heavy atom. The Morgan fingerprint density at radius 1 is 1.03 bits per heavy atom. The van der Waals surface area contributed by atoms with Crippen molar-refractivity contribution in [1.29, 1.82) is 0 Å². The third-order valence-electron chi connectivity index (χ3n) is 6.67. The number of pyridine rings is 1. The van der Waals surface area contributed by atoms with Crippen molar-refractivity contribution in [3.63, 3.8) is 0 Å². The number of aromatic nitrogens is 1. The van der Waals surface area contributed by atoms with Crippen LogP contribution in [0.25, 0.3) is 0 Å². The monoisotopic (exact) mass is 456 g/mol. The molecule has 178 valence electrons. The van der Waals surface area contributed by atoms with Gasteiger partial charge < -0.3 is 25.8 Å². The van der Waals surface area contributed by atoms with Crippen molar-refractivity contribution < 1.29 is 19.2 Å². The molecule has 1 saturated carbocycles. The largest absolute Gasteiger partial charge is 0.354 e. The highest BCUT2D eigenvalue weighted by molar-refractivity contribution is 5.98. The number of carbonyl (C=O) groups excluding carboxylic acids is 4. The summed E-state index contributed by atoms with van der Waals surface area (Å²) in [6.07, 6.45) is 9.70. The number of urea groups is 1. The summed E-state index contributed by atoms with van der Waals surface area (Å²) in [7, 11) is 0. The molecule has 10 heteroatoms. The predicted octanol–water partition coefficient (Wildman–Crippen LogP) is 0.645. The fourth-order valence-electron chi connectivity index (χ4n) is 4.78. The van der Waals surface area contributed by atoms with Gasteiger partial charge >= 0.3 is 6.03 Å². The quantitative estimate of drug-likeness (QED) is 0.614. The van der Waals surface area contributed by atoms with Crippen LogP contribution in [0, 0.1) is 0 Å². The second-order valence-electron chi connectivity index (χ2n) is 8.98. The molecule has 33 heavy (non-hydrogen) atoms. The van der Waals surface area contributed by atoms with Crippen molar-refractivity contribution in [3.05, 3.63) is 30.1 Å². The maximum Gasteiger partial charge on any atom is 0.317 e. The van der Waals surface area contributed by atoms with Crippen molar-refractivity contribution >= 4 is 23.8 Å². The summed E-state index contributed by atoms with van der Waals surface area (Å²) in [6, 6.07) is 1.75. The van der Waals surface area contributed by atoms with Gasteiger partial charge in [0.05, 0.1) is 12.1 Å². The maximum absolute atomic E-state index is 13.3. The number of carbonyl (C=O) groups is 4. The molecule has 1 aromatic heterocycles. The van der Waals surface area contributed by atoms with Gasteiger partial charge in [0.15, 0.2) is 0 Å². The first-order valence-corrected chi connectivity index (χ1v) is 11.9. The average Bonchev–Trinajstić information content (AvgIpc) is 2.85. The van der Waals surface area contributed by atoms with Gasteiger partial charge in [0.2, 0.25) is 11.8 Å². The molecule has 1 aliphatic carbocycles. The lowest BCUT2D eigenvalue weighted by molar-refractivity contribution is -0.133. The Labute approximate surface area is 193 Å². The smallest absolute Gasteiger partial charge is 0.317 e. The fraction of sp³-hybridized carbons (Fsp3) is 0.609. The highest BCUT2D eigenvalue weighted by Gasteiger charge is 2.39. The Balaban J connectivity index is 1.48. The van der Waals surface area contributed by atoms with E-state index in [9.17, 15) is 19.2 Å². The van der Waals surface area contributed by atoms with Gasteiger partial charge in [-0.25, -0.2) is 4.79 Å². The van der Waals surface area contributed by atoms with E-state index in [1.807, 2.05) is 0 Å². The lowest BCUT2D eigenvalue weighted by Crippen LogP contribution is -2.64. The van der Waals surface area contributed by atoms with Gasteiger partial charge in [0.1, 0.15) is 12.1 Å². The van der Waals surface area contributed by atoms with Gasteiger partial charge in [0.25, 0.3) is 5.91 Å². The van der Waals surface area contributed by atoms with E-state index in [0.29, 0.717) is 25.1 Å². The minimum atomic E-state index is -0.890. The highest BCUT2D eigenvalue weighted by Crippen LogP contribution is 2.19. The molecule has 5 amide bonds. The average molecular weight is 457 g/mol. The first-order chi connectivity index (χ1) is 16.0. The van der Waals surface area contributed by atoms with Crippen LogP contribution in [0.4, 0.5) is 4.79 Å². The summed E-state index contributed by atoms with van der Waals surface area (Å²) < 4.78 is 0. The molecule has 3 heterocycles. The number of nitrogens with one attached hydrogen (secondary N) is 3. The van der Waals surface area contributed by atoms with Gasteiger partial charge in [-0.05, 0) is 37.8 Å². The van der Waals surface area contributed by atoms with Crippen molar-refractivity contribution in [3.8, 4) is 0 Å². The number of hydrogen-bond acceptors (Lipinski definition) is 5. The van der Waals surface area contributed by atoms with E-state index in [1.54, 1.807) is 23.2 Å². The molecule has 3 aliphatic rings. The van der Waals surface area contributed by atoms with Crippen LogP contribution in [0.3, 0.4) is 0 Å². The van der Waals surface area contributed by atoms with Crippen LogP contribution in [0.2, 0.25) is 0 Å². The molecule has 0 radical (unpaired) electrons. The number of piperidine rings is 1. The van der Waals surface area contributed by atoms with E-state index in [2.05, 4.69) is 20.9 Å². The van der Waals surface area contributed by atoms with E-state index in [0.717, 1.165) is 32.1 Å². The fourth-order valence-corrected chi connectivity index (χ4v) is 4.78. The number of rotatable bonds is 4. The second kappa shape index (κ2) is 10.6. The third-order valence-corrected chi connectivity index (χ3v) is 6.67. The summed E-state index contributed by atoms with van der Waals surface area (Å²) in [5.41, 5.74) is 0.380. The van der Waals surface area contributed by atoms with Gasteiger partial charge in [-0.2, -0.15) is 0 Å². The first kappa shape index (κ1) is 23.0. The lowest BCUT2D eigenvalue weighted by atomic mass is 9.96.